The lowest BCUT2D eigenvalue weighted by Crippen LogP contribution is -2.48. The zero-order valence-corrected chi connectivity index (χ0v) is 20.0. The Hall–Kier alpha value is -3.14. The molecular formula is C23H27ClFN7O2. The zero-order valence-electron chi connectivity index (χ0n) is 19.3. The van der Waals surface area contributed by atoms with Crippen molar-refractivity contribution in [2.45, 2.75) is 38.8 Å². The van der Waals surface area contributed by atoms with Crippen LogP contribution in [-0.2, 0) is 0 Å². The summed E-state index contributed by atoms with van der Waals surface area (Å²) < 4.78 is 26.4. The van der Waals surface area contributed by atoms with E-state index in [-0.39, 0.29) is 17.1 Å². The van der Waals surface area contributed by atoms with Crippen LogP contribution in [0, 0.1) is 17.7 Å². The van der Waals surface area contributed by atoms with Crippen molar-refractivity contribution in [1.29, 1.82) is 0 Å². The van der Waals surface area contributed by atoms with Gasteiger partial charge in [0.25, 0.3) is 0 Å². The number of nitrogens with zero attached hydrogens (tertiary/aromatic N) is 6. The molecule has 1 aliphatic carbocycles. The summed E-state index contributed by atoms with van der Waals surface area (Å²) in [6.07, 6.45) is 4.06. The smallest absolute Gasteiger partial charge is 0.322 e. The first-order valence-electron chi connectivity index (χ1n) is 11.4. The van der Waals surface area contributed by atoms with E-state index in [4.69, 9.17) is 21.1 Å². The maximum Gasteiger partial charge on any atom is 0.322 e. The fourth-order valence-corrected chi connectivity index (χ4v) is 5.02. The number of hydrogen-bond donors (Lipinski definition) is 1. The van der Waals surface area contributed by atoms with Crippen LogP contribution in [0.2, 0.25) is 5.02 Å². The number of hydrogen-bond acceptors (Lipinski definition) is 8. The highest BCUT2D eigenvalue weighted by molar-refractivity contribution is 6.30. The van der Waals surface area contributed by atoms with Crippen molar-refractivity contribution < 1.29 is 13.9 Å². The number of nitrogens with one attached hydrogen (secondary N) is 1. The number of benzene rings is 1. The first-order valence-corrected chi connectivity index (χ1v) is 11.8. The van der Waals surface area contributed by atoms with Crippen molar-refractivity contribution in [1.82, 2.24) is 25.0 Å². The van der Waals surface area contributed by atoms with Gasteiger partial charge < -0.3 is 19.7 Å². The molecule has 2 aromatic heterocycles. The quantitative estimate of drug-likeness (QED) is 0.518. The topological polar surface area (TPSA) is 90.2 Å². The molecule has 1 N–H and O–H groups in total. The van der Waals surface area contributed by atoms with Crippen molar-refractivity contribution in [3.8, 4) is 17.6 Å². The number of aromatic nitrogens is 5. The Bertz CT molecular complexity index is 1160. The molecule has 1 saturated carbocycles. The molecule has 2 atom stereocenters. The molecule has 11 heteroatoms. The maximum absolute atomic E-state index is 13.5. The van der Waals surface area contributed by atoms with E-state index in [0.29, 0.717) is 35.4 Å². The molecule has 1 aliphatic heterocycles. The normalized spacial score (nSPS) is 21.7. The standard InChI is InChI=1S/C23H27ClFN7O2/c1-13(2)32-23(34-17-6-7-19(25)18(24)9-17)28-22(30-32)27-21-14-4-5-15(21)12-31(11-14)16-8-20(33-3)29-26-10-16/h6-10,13-15,21H,4-5,11-12H2,1-3H3,(H,27,30)/t14-,15-/m1/s1. The Kier molecular flexibility index (Phi) is 6.16. The van der Waals surface area contributed by atoms with Gasteiger partial charge in [-0.2, -0.15) is 10.1 Å². The molecule has 1 aromatic carbocycles. The molecule has 1 saturated heterocycles. The molecule has 3 heterocycles. The van der Waals surface area contributed by atoms with Crippen LogP contribution in [0.4, 0.5) is 16.0 Å². The number of anilines is 2. The van der Waals surface area contributed by atoms with Gasteiger partial charge in [0, 0.05) is 31.3 Å². The van der Waals surface area contributed by atoms with Crippen LogP contribution < -0.4 is 19.7 Å². The minimum atomic E-state index is -0.496. The molecule has 0 radical (unpaired) electrons. The SMILES string of the molecule is COc1cc(N2C[C@H]3CC[C@H](C2)C3Nc2nc(Oc3ccc(F)c(Cl)c3)n(C(C)C)n2)cnn1. The van der Waals surface area contributed by atoms with Gasteiger partial charge in [-0.1, -0.05) is 11.6 Å². The van der Waals surface area contributed by atoms with E-state index in [9.17, 15) is 4.39 Å². The lowest BCUT2D eigenvalue weighted by atomic mass is 9.92. The summed E-state index contributed by atoms with van der Waals surface area (Å²) in [6, 6.07) is 6.78. The van der Waals surface area contributed by atoms with Crippen LogP contribution in [-0.4, -0.2) is 51.2 Å². The highest BCUT2D eigenvalue weighted by Gasteiger charge is 2.43. The molecule has 2 bridgehead atoms. The van der Waals surface area contributed by atoms with Gasteiger partial charge in [-0.15, -0.1) is 10.2 Å². The van der Waals surface area contributed by atoms with E-state index in [1.54, 1.807) is 18.0 Å². The third kappa shape index (κ3) is 4.46. The Morgan fingerprint density at radius 3 is 2.62 bits per heavy atom. The summed E-state index contributed by atoms with van der Waals surface area (Å²) in [5.41, 5.74) is 1.03. The Balaban J connectivity index is 1.32. The average molecular weight is 488 g/mol. The molecule has 0 unspecified atom stereocenters. The molecular weight excluding hydrogens is 461 g/mol. The van der Waals surface area contributed by atoms with Gasteiger partial charge in [-0.05, 0) is 50.7 Å². The fraction of sp³-hybridized carbons (Fsp3) is 0.478. The minimum Gasteiger partial charge on any atom is -0.480 e. The van der Waals surface area contributed by atoms with Gasteiger partial charge >= 0.3 is 6.01 Å². The second-order valence-electron chi connectivity index (χ2n) is 9.06. The largest absolute Gasteiger partial charge is 0.480 e. The van der Waals surface area contributed by atoms with Crippen LogP contribution in [0.1, 0.15) is 32.7 Å². The molecule has 0 spiro atoms. The van der Waals surface area contributed by atoms with Crippen molar-refractivity contribution in [2.24, 2.45) is 11.8 Å². The molecule has 2 fully saturated rings. The predicted molar refractivity (Wildman–Crippen MR) is 126 cm³/mol. The second kappa shape index (κ2) is 9.25. The van der Waals surface area contributed by atoms with Gasteiger partial charge in [-0.3, -0.25) is 0 Å². The van der Waals surface area contributed by atoms with Crippen LogP contribution in [0.15, 0.2) is 30.5 Å². The Morgan fingerprint density at radius 1 is 1.18 bits per heavy atom. The van der Waals surface area contributed by atoms with Crippen molar-refractivity contribution >= 4 is 23.2 Å². The highest BCUT2D eigenvalue weighted by atomic mass is 35.5. The highest BCUT2D eigenvalue weighted by Crippen LogP contribution is 2.40. The Morgan fingerprint density at radius 2 is 1.94 bits per heavy atom. The van der Waals surface area contributed by atoms with Gasteiger partial charge in [0.2, 0.25) is 11.8 Å². The first kappa shape index (κ1) is 22.6. The number of fused-ring (bicyclic) bond motifs is 2. The summed E-state index contributed by atoms with van der Waals surface area (Å²) in [7, 11) is 1.60. The van der Waals surface area contributed by atoms with E-state index in [2.05, 4.69) is 30.5 Å². The number of halogens is 2. The van der Waals surface area contributed by atoms with Crippen LogP contribution in [0.3, 0.4) is 0 Å². The number of rotatable bonds is 7. The summed E-state index contributed by atoms with van der Waals surface area (Å²) >= 11 is 5.90. The molecule has 2 aliphatic rings. The summed E-state index contributed by atoms with van der Waals surface area (Å²) in [4.78, 5) is 6.95. The van der Waals surface area contributed by atoms with Crippen LogP contribution in [0.5, 0.6) is 17.6 Å². The van der Waals surface area contributed by atoms with E-state index in [1.807, 2.05) is 19.9 Å². The van der Waals surface area contributed by atoms with E-state index < -0.39 is 5.82 Å². The molecule has 3 aromatic rings. The maximum atomic E-state index is 13.5. The third-order valence-electron chi connectivity index (χ3n) is 6.51. The van der Waals surface area contributed by atoms with Crippen LogP contribution in [0.25, 0.3) is 0 Å². The summed E-state index contributed by atoms with van der Waals surface area (Å²) in [5.74, 6) is 1.85. The average Bonchev–Trinajstić information content (AvgIpc) is 3.32. The summed E-state index contributed by atoms with van der Waals surface area (Å²) in [6.45, 7) is 5.82. The predicted octanol–water partition coefficient (Wildman–Crippen LogP) is 4.57. The monoisotopic (exact) mass is 487 g/mol. The van der Waals surface area contributed by atoms with Crippen molar-refractivity contribution in [3.05, 3.63) is 41.3 Å². The number of methoxy groups -OCH3 is 1. The third-order valence-corrected chi connectivity index (χ3v) is 6.80. The molecule has 180 valence electrons. The lowest BCUT2D eigenvalue weighted by Gasteiger charge is -2.39. The molecule has 34 heavy (non-hydrogen) atoms. The lowest BCUT2D eigenvalue weighted by molar-refractivity contribution is 0.372. The van der Waals surface area contributed by atoms with Crippen molar-refractivity contribution in [2.75, 3.05) is 30.4 Å². The zero-order chi connectivity index (χ0) is 23.8. The fourth-order valence-electron chi connectivity index (χ4n) is 4.85. The van der Waals surface area contributed by atoms with Gasteiger partial charge in [0.15, 0.2) is 0 Å². The Labute approximate surface area is 202 Å². The second-order valence-corrected chi connectivity index (χ2v) is 9.47. The van der Waals surface area contributed by atoms with E-state index in [0.717, 1.165) is 31.6 Å². The van der Waals surface area contributed by atoms with Crippen molar-refractivity contribution in [3.63, 3.8) is 0 Å². The molecule has 0 amide bonds. The van der Waals surface area contributed by atoms with Gasteiger partial charge in [0.05, 0.1) is 30.1 Å². The first-order chi connectivity index (χ1) is 16.4. The van der Waals surface area contributed by atoms with E-state index >= 15 is 0 Å². The molecule has 5 rings (SSSR count). The number of ether oxygens (including phenoxy) is 2. The van der Waals surface area contributed by atoms with Gasteiger partial charge in [-0.25, -0.2) is 9.07 Å². The number of piperidine rings is 1. The molecule has 9 nitrogen and oxygen atoms in total. The van der Waals surface area contributed by atoms with Crippen LogP contribution >= 0.6 is 11.6 Å². The van der Waals surface area contributed by atoms with Gasteiger partial charge in [0.1, 0.15) is 11.6 Å². The minimum absolute atomic E-state index is 0.00295. The summed E-state index contributed by atoms with van der Waals surface area (Å²) in [5, 5.41) is 16.3. The van der Waals surface area contributed by atoms with E-state index in [1.165, 1.54) is 18.2 Å².